The fourth-order valence-electron chi connectivity index (χ4n) is 9.63. The summed E-state index contributed by atoms with van der Waals surface area (Å²) in [5, 5.41) is 9.68. The van der Waals surface area contributed by atoms with E-state index in [1.165, 1.54) is 38.0 Å². The Balaban J connectivity index is 0.934. The van der Waals surface area contributed by atoms with Crippen LogP contribution in [0.2, 0.25) is 0 Å². The van der Waals surface area contributed by atoms with E-state index < -0.39 is 0 Å². The first-order valence-electron chi connectivity index (χ1n) is 21.4. The highest BCUT2D eigenvalue weighted by Gasteiger charge is 2.23. The average Bonchev–Trinajstić information content (AvgIpc) is 3.69. The Morgan fingerprint density at radius 3 is 1.75 bits per heavy atom. The van der Waals surface area contributed by atoms with E-state index in [1.807, 2.05) is 78.9 Å². The fraction of sp³-hybridized carbons (Fsp3) is 0. The van der Waals surface area contributed by atoms with Gasteiger partial charge in [-0.25, -0.2) is 4.39 Å². The highest BCUT2D eigenvalue weighted by Crippen LogP contribution is 2.46. The van der Waals surface area contributed by atoms with Crippen molar-refractivity contribution < 1.29 is 4.39 Å². The first-order chi connectivity index (χ1) is 31.1. The summed E-state index contributed by atoms with van der Waals surface area (Å²) in [7, 11) is 0. The molecule has 3 heteroatoms. The van der Waals surface area contributed by atoms with E-state index in [2.05, 4.69) is 161 Å². The van der Waals surface area contributed by atoms with Gasteiger partial charge in [0.05, 0.1) is 16.7 Å². The number of aromatic nitrogens is 1. The second-order valence-corrected chi connectivity index (χ2v) is 16.3. The van der Waals surface area contributed by atoms with Crippen LogP contribution in [0, 0.1) is 5.82 Å². The lowest BCUT2D eigenvalue weighted by molar-refractivity contribution is 0.630. The molecule has 0 spiro atoms. The number of anilines is 3. The van der Waals surface area contributed by atoms with Crippen molar-refractivity contribution in [1.82, 2.24) is 4.57 Å². The third-order valence-electron chi connectivity index (χ3n) is 12.5. The minimum absolute atomic E-state index is 0.290. The lowest BCUT2D eigenvalue weighted by atomic mass is 9.95. The van der Waals surface area contributed by atoms with Crippen molar-refractivity contribution in [3.05, 3.63) is 241 Å². The van der Waals surface area contributed by atoms with Gasteiger partial charge in [0.1, 0.15) is 5.82 Å². The highest BCUT2D eigenvalue weighted by atomic mass is 19.1. The Labute approximate surface area is 365 Å². The summed E-state index contributed by atoms with van der Waals surface area (Å²) >= 11 is 0. The van der Waals surface area contributed by atoms with Crippen LogP contribution in [-0.2, 0) is 0 Å². The van der Waals surface area contributed by atoms with E-state index in [4.69, 9.17) is 0 Å². The van der Waals surface area contributed by atoms with Crippen LogP contribution in [0.15, 0.2) is 224 Å². The first-order valence-corrected chi connectivity index (χ1v) is 21.4. The standard InChI is InChI=1S/C60H39FN2/c61-55-39-48(42-14-5-1-6-15-42)38-54(43-16-7-2-8-17-43)60(55)62(49-19-9-3-10-20-49)51-31-33-53-46(37-51)29-28-45-34-40(26-32-52(45)53)24-25-41-35-47-30-27-44-18-13-23-56-58(44)59(47)57(36-41)63(56)50-21-11-4-12-22-50/h1-39H/b25-24+. The van der Waals surface area contributed by atoms with E-state index in [0.29, 0.717) is 5.69 Å². The molecule has 0 unspecified atom stereocenters. The van der Waals surface area contributed by atoms with Crippen molar-refractivity contribution in [3.63, 3.8) is 0 Å². The number of rotatable bonds is 8. The second kappa shape index (κ2) is 15.0. The molecular formula is C60H39FN2. The zero-order valence-corrected chi connectivity index (χ0v) is 34.3. The van der Waals surface area contributed by atoms with Crippen molar-refractivity contribution in [2.75, 3.05) is 4.90 Å². The zero-order chi connectivity index (χ0) is 41.9. The van der Waals surface area contributed by atoms with Crippen LogP contribution in [0.25, 0.3) is 94.2 Å². The van der Waals surface area contributed by atoms with Crippen LogP contribution in [0.5, 0.6) is 0 Å². The van der Waals surface area contributed by atoms with Gasteiger partial charge >= 0.3 is 0 Å². The fourth-order valence-corrected chi connectivity index (χ4v) is 9.63. The van der Waals surface area contributed by atoms with Gasteiger partial charge in [-0.2, -0.15) is 0 Å². The van der Waals surface area contributed by atoms with Gasteiger partial charge in [0.2, 0.25) is 0 Å². The minimum atomic E-state index is -0.290. The van der Waals surface area contributed by atoms with Crippen molar-refractivity contribution in [2.45, 2.75) is 0 Å². The molecule has 0 aliphatic carbocycles. The molecule has 12 aromatic rings. The normalized spacial score (nSPS) is 11.8. The molecule has 0 saturated heterocycles. The van der Waals surface area contributed by atoms with Gasteiger partial charge in [-0.15, -0.1) is 0 Å². The maximum absolute atomic E-state index is 17.0. The molecule has 0 fully saturated rings. The monoisotopic (exact) mass is 806 g/mol. The lowest BCUT2D eigenvalue weighted by Crippen LogP contribution is -2.13. The molecular weight excluding hydrogens is 768 g/mol. The lowest BCUT2D eigenvalue weighted by Gasteiger charge is -2.29. The molecule has 12 rings (SSSR count). The molecule has 11 aromatic carbocycles. The quantitative estimate of drug-likeness (QED) is 0.110. The number of nitrogens with zero attached hydrogens (tertiary/aromatic N) is 2. The molecule has 296 valence electrons. The second-order valence-electron chi connectivity index (χ2n) is 16.3. The smallest absolute Gasteiger partial charge is 0.148 e. The predicted octanol–water partition coefficient (Wildman–Crippen LogP) is 16.8. The molecule has 2 nitrogen and oxygen atoms in total. The summed E-state index contributed by atoms with van der Waals surface area (Å²) in [6.07, 6.45) is 4.45. The molecule has 0 amide bonds. The van der Waals surface area contributed by atoms with Gasteiger partial charge < -0.3 is 9.47 Å². The van der Waals surface area contributed by atoms with Gasteiger partial charge in [0, 0.05) is 33.4 Å². The number of fused-ring (bicyclic) bond motifs is 3. The summed E-state index contributed by atoms with van der Waals surface area (Å²) < 4.78 is 19.4. The van der Waals surface area contributed by atoms with Gasteiger partial charge in [-0.05, 0) is 133 Å². The third-order valence-corrected chi connectivity index (χ3v) is 12.5. The van der Waals surface area contributed by atoms with Crippen molar-refractivity contribution in [1.29, 1.82) is 0 Å². The first kappa shape index (κ1) is 36.6. The maximum atomic E-state index is 17.0. The molecule has 0 bridgehead atoms. The van der Waals surface area contributed by atoms with Crippen molar-refractivity contribution in [3.8, 4) is 27.9 Å². The van der Waals surface area contributed by atoms with E-state index >= 15 is 4.39 Å². The molecule has 1 heterocycles. The Morgan fingerprint density at radius 1 is 0.381 bits per heavy atom. The Bertz CT molecular complexity index is 3670. The molecule has 0 aliphatic rings. The molecule has 0 N–H and O–H groups in total. The van der Waals surface area contributed by atoms with Gasteiger partial charge in [-0.1, -0.05) is 164 Å². The van der Waals surface area contributed by atoms with Gasteiger partial charge in [0.25, 0.3) is 0 Å². The van der Waals surface area contributed by atoms with Crippen molar-refractivity contribution in [2.24, 2.45) is 0 Å². The number of halogens is 1. The zero-order valence-electron chi connectivity index (χ0n) is 34.3. The van der Waals surface area contributed by atoms with E-state index in [0.717, 1.165) is 66.6 Å². The maximum Gasteiger partial charge on any atom is 0.148 e. The Kier molecular flexibility index (Phi) is 8.72. The number of para-hydroxylation sites is 2. The van der Waals surface area contributed by atoms with Crippen LogP contribution in [0.1, 0.15) is 11.1 Å². The summed E-state index contributed by atoms with van der Waals surface area (Å²) in [6.45, 7) is 0. The minimum Gasteiger partial charge on any atom is -0.309 e. The number of benzene rings is 11. The van der Waals surface area contributed by atoms with E-state index in [1.54, 1.807) is 6.07 Å². The summed E-state index contributed by atoms with van der Waals surface area (Å²) in [5.41, 5.74) is 11.7. The molecule has 63 heavy (non-hydrogen) atoms. The largest absolute Gasteiger partial charge is 0.309 e. The van der Waals surface area contributed by atoms with Crippen LogP contribution in [0.3, 0.4) is 0 Å². The molecule has 0 radical (unpaired) electrons. The van der Waals surface area contributed by atoms with Gasteiger partial charge in [-0.3, -0.25) is 0 Å². The predicted molar refractivity (Wildman–Crippen MR) is 265 cm³/mol. The molecule has 0 aliphatic heterocycles. The van der Waals surface area contributed by atoms with Crippen LogP contribution in [-0.4, -0.2) is 4.57 Å². The topological polar surface area (TPSA) is 8.17 Å². The molecule has 1 aromatic heterocycles. The summed E-state index contributed by atoms with van der Waals surface area (Å²) in [6, 6.07) is 78.0. The summed E-state index contributed by atoms with van der Waals surface area (Å²) in [5.74, 6) is -0.290. The van der Waals surface area contributed by atoms with Gasteiger partial charge in [0.15, 0.2) is 0 Å². The highest BCUT2D eigenvalue weighted by molar-refractivity contribution is 6.24. The average molecular weight is 807 g/mol. The number of hydrogen-bond donors (Lipinski definition) is 0. The van der Waals surface area contributed by atoms with E-state index in [-0.39, 0.29) is 5.82 Å². The Morgan fingerprint density at radius 2 is 0.984 bits per heavy atom. The van der Waals surface area contributed by atoms with E-state index in [9.17, 15) is 0 Å². The van der Waals surface area contributed by atoms with Crippen molar-refractivity contribution >= 4 is 83.3 Å². The van der Waals surface area contributed by atoms with Crippen LogP contribution in [0.4, 0.5) is 21.5 Å². The summed E-state index contributed by atoms with van der Waals surface area (Å²) in [4.78, 5) is 2.06. The van der Waals surface area contributed by atoms with Crippen LogP contribution < -0.4 is 4.90 Å². The molecule has 0 saturated carbocycles. The Hall–Kier alpha value is -8.27. The molecule has 0 atom stereocenters. The third kappa shape index (κ3) is 6.33. The number of hydrogen-bond acceptors (Lipinski definition) is 1. The van der Waals surface area contributed by atoms with Crippen LogP contribution >= 0.6 is 0 Å². The SMILES string of the molecule is Fc1cc(-c2ccccc2)cc(-c2ccccc2)c1N(c1ccccc1)c1ccc2c(ccc3cc(/C=C/c4cc5ccc6cccc7c6c5c(c4)n7-c4ccccc4)ccc32)c1.